The molecule has 32 heavy (non-hydrogen) atoms. The Morgan fingerprint density at radius 2 is 1.66 bits per heavy atom. The minimum absolute atomic E-state index is 0.243. The van der Waals surface area contributed by atoms with Crippen LogP contribution in [-0.2, 0) is 35.7 Å². The Balaban J connectivity index is 1.15. The van der Waals surface area contributed by atoms with Gasteiger partial charge in [-0.25, -0.2) is 0 Å². The molecule has 1 saturated heterocycles. The van der Waals surface area contributed by atoms with Crippen molar-refractivity contribution in [3.8, 4) is 0 Å². The second-order valence-corrected chi connectivity index (χ2v) is 8.72. The Morgan fingerprint density at radius 3 is 2.31 bits per heavy atom. The Labute approximate surface area is 190 Å². The lowest BCUT2D eigenvalue weighted by Gasteiger charge is -2.32. The summed E-state index contributed by atoms with van der Waals surface area (Å²) in [5.41, 5.74) is 4.82. The third-order valence-corrected chi connectivity index (χ3v) is 6.12. The summed E-state index contributed by atoms with van der Waals surface area (Å²) in [6, 6.07) is 12.7. The molecule has 6 nitrogen and oxygen atoms in total. The van der Waals surface area contributed by atoms with Crippen LogP contribution < -0.4 is 0 Å². The number of nitrogens with zero attached hydrogens (tertiary/aromatic N) is 4. The molecule has 4 rings (SSSR count). The lowest BCUT2D eigenvalue weighted by molar-refractivity contribution is -0.132. The van der Waals surface area contributed by atoms with Crippen LogP contribution >= 0.6 is 0 Å². The number of hydrogen-bond donors (Lipinski definition) is 0. The normalized spacial score (nSPS) is 14.6. The lowest BCUT2D eigenvalue weighted by Crippen LogP contribution is -2.39. The molecule has 1 aromatic carbocycles. The molecule has 0 N–H and O–H groups in total. The zero-order chi connectivity index (χ0) is 22.2. The number of carbonyl (C=O) groups excluding carboxylic acids is 1. The van der Waals surface area contributed by atoms with Crippen molar-refractivity contribution in [2.24, 2.45) is 5.92 Å². The standard InChI is InChI=1S/C26H32N4O2/c1-21-17-28-30(18-21)15-10-26(31)29-13-8-23(9-14-29)16-22-2-4-24(5-3-22)19-32-20-25-6-11-27-12-7-25/h2-7,11-12,17-18,23H,8-10,13-16,19-20H2,1H3. The first kappa shape index (κ1) is 22.2. The molecule has 0 radical (unpaired) electrons. The van der Waals surface area contributed by atoms with E-state index in [0.717, 1.165) is 43.5 Å². The second-order valence-electron chi connectivity index (χ2n) is 8.72. The minimum atomic E-state index is 0.243. The van der Waals surface area contributed by atoms with Crippen molar-refractivity contribution in [3.05, 3.63) is 83.4 Å². The summed E-state index contributed by atoms with van der Waals surface area (Å²) < 4.78 is 7.66. The van der Waals surface area contributed by atoms with E-state index in [9.17, 15) is 4.79 Å². The third kappa shape index (κ3) is 6.50. The van der Waals surface area contributed by atoms with Gasteiger partial charge in [0.05, 0.1) is 19.4 Å². The molecule has 3 aromatic rings. The summed E-state index contributed by atoms with van der Waals surface area (Å²) in [6.07, 6.45) is 11.1. The largest absolute Gasteiger partial charge is 0.372 e. The van der Waals surface area contributed by atoms with Gasteiger partial charge in [-0.05, 0) is 66.5 Å². The van der Waals surface area contributed by atoms with Crippen molar-refractivity contribution in [3.63, 3.8) is 0 Å². The van der Waals surface area contributed by atoms with E-state index in [4.69, 9.17) is 4.74 Å². The Morgan fingerprint density at radius 1 is 1.00 bits per heavy atom. The van der Waals surface area contributed by atoms with Gasteiger partial charge < -0.3 is 9.64 Å². The van der Waals surface area contributed by atoms with E-state index in [1.54, 1.807) is 12.4 Å². The van der Waals surface area contributed by atoms with Crippen LogP contribution in [0.15, 0.2) is 61.2 Å². The van der Waals surface area contributed by atoms with Crippen molar-refractivity contribution in [2.75, 3.05) is 13.1 Å². The number of aryl methyl sites for hydroxylation is 2. The van der Waals surface area contributed by atoms with Crippen LogP contribution in [0.4, 0.5) is 0 Å². The van der Waals surface area contributed by atoms with Gasteiger partial charge in [-0.1, -0.05) is 24.3 Å². The number of ether oxygens (including phenoxy) is 1. The Kier molecular flexibility index (Phi) is 7.67. The third-order valence-electron chi connectivity index (χ3n) is 6.12. The van der Waals surface area contributed by atoms with Crippen molar-refractivity contribution in [1.29, 1.82) is 0 Å². The maximum absolute atomic E-state index is 12.5. The maximum atomic E-state index is 12.5. The molecule has 0 bridgehead atoms. The first-order valence-electron chi connectivity index (χ1n) is 11.5. The van der Waals surface area contributed by atoms with E-state index >= 15 is 0 Å². The van der Waals surface area contributed by atoms with E-state index in [1.165, 1.54) is 11.1 Å². The Bertz CT molecular complexity index is 977. The van der Waals surface area contributed by atoms with Gasteiger partial charge in [0.15, 0.2) is 0 Å². The SMILES string of the molecule is Cc1cnn(CCC(=O)N2CCC(Cc3ccc(COCc4ccncc4)cc3)CC2)c1. The molecular formula is C26H32N4O2. The van der Waals surface area contributed by atoms with E-state index < -0.39 is 0 Å². The van der Waals surface area contributed by atoms with Crippen LogP contribution in [0.1, 0.15) is 41.5 Å². The smallest absolute Gasteiger partial charge is 0.224 e. The number of amides is 1. The number of likely N-dealkylation sites (tertiary alicyclic amines) is 1. The van der Waals surface area contributed by atoms with E-state index in [2.05, 4.69) is 34.3 Å². The summed E-state index contributed by atoms with van der Waals surface area (Å²) in [5, 5.41) is 4.26. The second kappa shape index (κ2) is 11.0. The first-order valence-corrected chi connectivity index (χ1v) is 11.5. The highest BCUT2D eigenvalue weighted by atomic mass is 16.5. The van der Waals surface area contributed by atoms with E-state index in [0.29, 0.717) is 32.1 Å². The fourth-order valence-electron chi connectivity index (χ4n) is 4.21. The van der Waals surface area contributed by atoms with Crippen molar-refractivity contribution in [1.82, 2.24) is 19.7 Å². The molecule has 0 atom stereocenters. The number of pyridine rings is 1. The number of rotatable bonds is 9. The van der Waals surface area contributed by atoms with Gasteiger partial charge >= 0.3 is 0 Å². The van der Waals surface area contributed by atoms with Gasteiger partial charge in [0.1, 0.15) is 0 Å². The van der Waals surface area contributed by atoms with Crippen LogP contribution in [0.3, 0.4) is 0 Å². The van der Waals surface area contributed by atoms with Crippen LogP contribution in [0, 0.1) is 12.8 Å². The van der Waals surface area contributed by atoms with Crippen LogP contribution in [-0.4, -0.2) is 38.7 Å². The van der Waals surface area contributed by atoms with Crippen molar-refractivity contribution >= 4 is 5.91 Å². The van der Waals surface area contributed by atoms with Crippen LogP contribution in [0.25, 0.3) is 0 Å². The number of benzene rings is 1. The van der Waals surface area contributed by atoms with Crippen molar-refractivity contribution in [2.45, 2.75) is 52.4 Å². The van der Waals surface area contributed by atoms with E-state index in [1.807, 2.05) is 41.0 Å². The maximum Gasteiger partial charge on any atom is 0.224 e. The summed E-state index contributed by atoms with van der Waals surface area (Å²) in [5.74, 6) is 0.884. The molecular weight excluding hydrogens is 400 g/mol. The average Bonchev–Trinajstić information content (AvgIpc) is 3.25. The monoisotopic (exact) mass is 432 g/mol. The molecule has 168 valence electrons. The first-order chi connectivity index (χ1) is 15.7. The molecule has 1 fully saturated rings. The highest BCUT2D eigenvalue weighted by molar-refractivity contribution is 5.76. The number of aromatic nitrogens is 3. The Hall–Kier alpha value is -2.99. The van der Waals surface area contributed by atoms with Gasteiger partial charge in [0, 0.05) is 44.6 Å². The van der Waals surface area contributed by atoms with E-state index in [-0.39, 0.29) is 5.91 Å². The predicted molar refractivity (Wildman–Crippen MR) is 124 cm³/mol. The molecule has 1 amide bonds. The highest BCUT2D eigenvalue weighted by Gasteiger charge is 2.22. The van der Waals surface area contributed by atoms with Gasteiger partial charge in [0.25, 0.3) is 0 Å². The molecule has 6 heteroatoms. The summed E-state index contributed by atoms with van der Waals surface area (Å²) in [6.45, 7) is 5.61. The molecule has 0 spiro atoms. The molecule has 1 aliphatic rings. The topological polar surface area (TPSA) is 60.2 Å². The number of carbonyl (C=O) groups is 1. The minimum Gasteiger partial charge on any atom is -0.372 e. The quantitative estimate of drug-likeness (QED) is 0.509. The molecule has 1 aliphatic heterocycles. The van der Waals surface area contributed by atoms with Gasteiger partial charge in [-0.3, -0.25) is 14.5 Å². The predicted octanol–water partition coefficient (Wildman–Crippen LogP) is 4.17. The lowest BCUT2D eigenvalue weighted by atomic mass is 9.90. The fourth-order valence-corrected chi connectivity index (χ4v) is 4.21. The van der Waals surface area contributed by atoms with Crippen molar-refractivity contribution < 1.29 is 9.53 Å². The average molecular weight is 433 g/mol. The fraction of sp³-hybridized carbons (Fsp3) is 0.423. The molecule has 0 saturated carbocycles. The summed E-state index contributed by atoms with van der Waals surface area (Å²) >= 11 is 0. The number of piperidine rings is 1. The van der Waals surface area contributed by atoms with Crippen LogP contribution in [0.2, 0.25) is 0 Å². The zero-order valence-corrected chi connectivity index (χ0v) is 18.8. The summed E-state index contributed by atoms with van der Waals surface area (Å²) in [4.78, 5) is 18.6. The molecule has 2 aromatic heterocycles. The van der Waals surface area contributed by atoms with Gasteiger partial charge in [-0.2, -0.15) is 5.10 Å². The van der Waals surface area contributed by atoms with Gasteiger partial charge in [-0.15, -0.1) is 0 Å². The highest BCUT2D eigenvalue weighted by Crippen LogP contribution is 2.22. The molecule has 0 aliphatic carbocycles. The van der Waals surface area contributed by atoms with Crippen LogP contribution in [0.5, 0.6) is 0 Å². The molecule has 3 heterocycles. The summed E-state index contributed by atoms with van der Waals surface area (Å²) in [7, 11) is 0. The number of hydrogen-bond acceptors (Lipinski definition) is 4. The zero-order valence-electron chi connectivity index (χ0n) is 18.8. The van der Waals surface area contributed by atoms with Gasteiger partial charge in [0.2, 0.25) is 5.91 Å². The molecule has 0 unspecified atom stereocenters.